The van der Waals surface area contributed by atoms with Crippen LogP contribution in [0.25, 0.3) is 10.9 Å². The van der Waals surface area contributed by atoms with E-state index in [0.717, 1.165) is 49.4 Å². The van der Waals surface area contributed by atoms with Crippen LogP contribution in [0.2, 0.25) is 0 Å². The number of hydrogen-bond acceptors (Lipinski definition) is 5. The minimum absolute atomic E-state index is 0.0748. The zero-order valence-electron chi connectivity index (χ0n) is 24.6. The molecule has 2 aromatic carbocycles. The number of primary amides is 1. The summed E-state index contributed by atoms with van der Waals surface area (Å²) in [6, 6.07) is 3.83. The first-order valence-electron chi connectivity index (χ1n) is 14.6. The lowest BCUT2D eigenvalue weighted by Gasteiger charge is -2.22. The Bertz CT molecular complexity index is 1500. The maximum Gasteiger partial charge on any atom is 0.334 e. The largest absolute Gasteiger partial charge is 0.418 e. The Morgan fingerprint density at radius 3 is 2.07 bits per heavy atom. The number of rotatable bonds is 17. The minimum Gasteiger partial charge on any atom is -0.418 e. The Morgan fingerprint density at radius 2 is 1.42 bits per heavy atom. The van der Waals surface area contributed by atoms with Gasteiger partial charge in [0.15, 0.2) is 0 Å². The molecule has 5 N–H and O–H groups in total. The van der Waals surface area contributed by atoms with Gasteiger partial charge < -0.3 is 26.1 Å². The van der Waals surface area contributed by atoms with Crippen molar-refractivity contribution in [3.8, 4) is 5.75 Å². The van der Waals surface area contributed by atoms with Crippen LogP contribution in [0, 0.1) is 29.1 Å². The zero-order valence-corrected chi connectivity index (χ0v) is 24.6. The van der Waals surface area contributed by atoms with Gasteiger partial charge in [-0.15, -0.1) is 0 Å². The van der Waals surface area contributed by atoms with Crippen molar-refractivity contribution >= 4 is 34.6 Å². The highest BCUT2D eigenvalue weighted by Crippen LogP contribution is 2.29. The summed E-state index contributed by atoms with van der Waals surface area (Å²) in [6.07, 6.45) is 7.43. The number of unbranched alkanes of at least 4 members (excludes halogenated alkanes) is 6. The fourth-order valence-corrected chi connectivity index (χ4v) is 4.75. The van der Waals surface area contributed by atoms with Crippen molar-refractivity contribution in [1.29, 1.82) is 0 Å². The Labute approximate surface area is 256 Å². The lowest BCUT2D eigenvalue weighted by atomic mass is 10.0. The van der Waals surface area contributed by atoms with Crippen LogP contribution in [0.15, 0.2) is 30.5 Å². The molecule has 45 heavy (non-hydrogen) atoms. The number of ether oxygens (including phenoxy) is 1. The molecule has 3 aromatic rings. The van der Waals surface area contributed by atoms with Crippen LogP contribution >= 0.6 is 0 Å². The van der Waals surface area contributed by atoms with E-state index >= 15 is 0 Å². The highest BCUT2D eigenvalue weighted by Gasteiger charge is 2.33. The average Bonchev–Trinajstić information content (AvgIpc) is 3.42. The topological polar surface area (TPSA) is 143 Å². The number of aromatic amines is 1. The maximum absolute atomic E-state index is 14.1. The molecule has 1 aromatic heterocycles. The molecule has 0 aliphatic rings. The van der Waals surface area contributed by atoms with Gasteiger partial charge in [0.25, 0.3) is 0 Å². The number of nitrogens with one attached hydrogen (secondary N) is 3. The van der Waals surface area contributed by atoms with Crippen molar-refractivity contribution in [1.82, 2.24) is 15.6 Å². The third kappa shape index (κ3) is 9.50. The molecule has 0 bridgehead atoms. The Kier molecular flexibility index (Phi) is 12.9. The second-order valence-electron chi connectivity index (χ2n) is 10.6. The van der Waals surface area contributed by atoms with Gasteiger partial charge >= 0.3 is 5.97 Å². The van der Waals surface area contributed by atoms with Gasteiger partial charge in [0, 0.05) is 29.9 Å². The summed E-state index contributed by atoms with van der Waals surface area (Å²) in [5, 5.41) is 5.53. The molecule has 0 saturated heterocycles. The van der Waals surface area contributed by atoms with E-state index in [2.05, 4.69) is 27.3 Å². The van der Waals surface area contributed by atoms with E-state index < -0.39 is 77.0 Å². The molecular formula is C31H35F5N4O5. The number of carbonyl (C=O) groups is 4. The predicted octanol–water partition coefficient (Wildman–Crippen LogP) is 5.00. The van der Waals surface area contributed by atoms with E-state index in [-0.39, 0.29) is 12.8 Å². The number of fused-ring (bicyclic) bond motifs is 1. The highest BCUT2D eigenvalue weighted by atomic mass is 19.2. The van der Waals surface area contributed by atoms with E-state index in [1.54, 1.807) is 30.5 Å². The molecule has 0 fully saturated rings. The fourth-order valence-electron chi connectivity index (χ4n) is 4.75. The molecule has 0 aliphatic carbocycles. The first-order chi connectivity index (χ1) is 21.4. The number of H-pyrrole nitrogens is 1. The molecule has 0 saturated carbocycles. The summed E-state index contributed by atoms with van der Waals surface area (Å²) in [6.45, 7) is 2.11. The van der Waals surface area contributed by atoms with E-state index in [1.807, 2.05) is 0 Å². The number of carbonyl (C=O) groups excluding carboxylic acids is 4. The van der Waals surface area contributed by atoms with Gasteiger partial charge in [-0.1, -0.05) is 63.6 Å². The molecule has 0 radical (unpaired) electrons. The summed E-state index contributed by atoms with van der Waals surface area (Å²) in [7, 11) is 0. The van der Waals surface area contributed by atoms with Crippen LogP contribution < -0.4 is 21.1 Å². The van der Waals surface area contributed by atoms with E-state index in [1.165, 1.54) is 0 Å². The smallest absolute Gasteiger partial charge is 0.334 e. The second kappa shape index (κ2) is 16.5. The van der Waals surface area contributed by atoms with Gasteiger partial charge in [-0.2, -0.15) is 8.78 Å². The quantitative estimate of drug-likeness (QED) is 0.0411. The SMILES string of the molecule is CCCCCCCCCC(=O)N[C@@H](Cc1c[nH]c2ccccc12)C(=O)N[C@H](CC(N)=O)C(=O)Oc1c(F)c(F)c(F)c(F)c1F. The zero-order chi connectivity index (χ0) is 33.1. The van der Waals surface area contributed by atoms with E-state index in [4.69, 9.17) is 5.73 Å². The van der Waals surface area contributed by atoms with E-state index in [9.17, 15) is 41.1 Å². The Hall–Kier alpha value is -4.49. The summed E-state index contributed by atoms with van der Waals surface area (Å²) in [5.74, 6) is -18.3. The summed E-state index contributed by atoms with van der Waals surface area (Å²) in [5.41, 5.74) is 6.55. The van der Waals surface area contributed by atoms with Crippen molar-refractivity contribution < 1.29 is 45.9 Å². The molecule has 0 unspecified atom stereocenters. The Morgan fingerprint density at radius 1 is 0.822 bits per heavy atom. The van der Waals surface area contributed by atoms with Gasteiger partial charge in [-0.3, -0.25) is 14.4 Å². The molecule has 3 amide bonds. The molecule has 0 spiro atoms. The lowest BCUT2D eigenvalue weighted by Crippen LogP contribution is -2.54. The minimum atomic E-state index is -2.47. The number of halogens is 5. The normalized spacial score (nSPS) is 12.5. The number of hydrogen-bond donors (Lipinski definition) is 4. The van der Waals surface area contributed by atoms with Gasteiger partial charge in [0.1, 0.15) is 12.1 Å². The van der Waals surface area contributed by atoms with Gasteiger partial charge in [-0.25, -0.2) is 18.0 Å². The standard InChI is InChI=1S/C31H35F5N4O5/c1-2-3-4-5-6-7-8-13-23(42)39-20(14-17-16-38-19-12-10-9-11-18(17)19)30(43)40-21(15-22(37)41)31(44)45-29-27(35)25(33)24(32)26(34)28(29)36/h9-12,16,20-21,38H,2-8,13-15H2,1H3,(H2,37,41)(H,39,42)(H,40,43)/t20-,21+/m0/s1. The molecule has 14 heteroatoms. The van der Waals surface area contributed by atoms with Crippen molar-refractivity contribution in [2.75, 3.05) is 0 Å². The summed E-state index contributed by atoms with van der Waals surface area (Å²) in [4.78, 5) is 53.8. The number of para-hydroxylation sites is 1. The predicted molar refractivity (Wildman–Crippen MR) is 154 cm³/mol. The number of benzene rings is 2. The first-order valence-corrected chi connectivity index (χ1v) is 14.6. The number of aromatic nitrogens is 1. The number of nitrogens with two attached hydrogens (primary N) is 1. The summed E-state index contributed by atoms with van der Waals surface area (Å²) < 4.78 is 73.4. The molecule has 9 nitrogen and oxygen atoms in total. The number of esters is 1. The van der Waals surface area contributed by atoms with E-state index in [0.29, 0.717) is 12.0 Å². The van der Waals surface area contributed by atoms with Crippen LogP contribution in [0.3, 0.4) is 0 Å². The van der Waals surface area contributed by atoms with Crippen LogP contribution in [0.4, 0.5) is 22.0 Å². The third-order valence-corrected chi connectivity index (χ3v) is 7.14. The van der Waals surface area contributed by atoms with Crippen molar-refractivity contribution in [3.63, 3.8) is 0 Å². The first kappa shape index (κ1) is 35.0. The van der Waals surface area contributed by atoms with Crippen molar-refractivity contribution in [3.05, 3.63) is 65.1 Å². The molecular weight excluding hydrogens is 603 g/mol. The third-order valence-electron chi connectivity index (χ3n) is 7.14. The fraction of sp³-hybridized carbons (Fsp3) is 0.419. The number of amides is 3. The molecule has 3 rings (SSSR count). The summed E-state index contributed by atoms with van der Waals surface area (Å²) >= 11 is 0. The second-order valence-corrected chi connectivity index (χ2v) is 10.6. The van der Waals surface area contributed by atoms with Crippen molar-refractivity contribution in [2.45, 2.75) is 83.2 Å². The molecule has 244 valence electrons. The molecule has 1 heterocycles. The van der Waals surface area contributed by atoms with Crippen molar-refractivity contribution in [2.24, 2.45) is 5.73 Å². The van der Waals surface area contributed by atoms with Crippen LogP contribution in [0.1, 0.15) is 70.3 Å². The highest BCUT2D eigenvalue weighted by molar-refractivity contribution is 5.94. The maximum atomic E-state index is 14.1. The van der Waals surface area contributed by atoms with Crippen LogP contribution in [-0.4, -0.2) is 40.8 Å². The van der Waals surface area contributed by atoms with Crippen LogP contribution in [0.5, 0.6) is 5.75 Å². The van der Waals surface area contributed by atoms with Crippen LogP contribution in [-0.2, 0) is 25.6 Å². The van der Waals surface area contributed by atoms with Gasteiger partial charge in [0.05, 0.1) is 6.42 Å². The van der Waals surface area contributed by atoms with Gasteiger partial charge in [0.2, 0.25) is 52.6 Å². The lowest BCUT2D eigenvalue weighted by molar-refractivity contribution is -0.142. The average molecular weight is 639 g/mol. The molecule has 0 aliphatic heterocycles. The monoisotopic (exact) mass is 638 g/mol. The molecule has 2 atom stereocenters. The Balaban J connectivity index is 1.79. The van der Waals surface area contributed by atoms with Gasteiger partial charge in [-0.05, 0) is 18.1 Å².